The van der Waals surface area contributed by atoms with Gasteiger partial charge in [0.2, 0.25) is 0 Å². The van der Waals surface area contributed by atoms with Crippen LogP contribution in [0.25, 0.3) is 11.1 Å². The minimum absolute atomic E-state index is 0.00580. The van der Waals surface area contributed by atoms with Gasteiger partial charge in [-0.05, 0) is 18.2 Å². The molecule has 0 amide bonds. The van der Waals surface area contributed by atoms with Gasteiger partial charge in [0.05, 0.1) is 11.6 Å². The largest absolute Gasteiger partial charge is 0.329 e. The number of nitrogens with zero attached hydrogens (tertiary/aromatic N) is 1. The summed E-state index contributed by atoms with van der Waals surface area (Å²) in [5.41, 5.74) is -0.978. The Morgan fingerprint density at radius 2 is 2.10 bits per heavy atom. The standard InChI is InChI=1S/C14H12ClFN2O2S/c15-12-11(9-3-1-2-4-10(9)16)13(19)18(14(20)17-12)8-5-6-21-7-8/h1-4,8H,5-7H2,(H,17,20). The average molecular weight is 327 g/mol. The van der Waals surface area contributed by atoms with Crippen LogP contribution in [0.5, 0.6) is 0 Å². The number of aromatic nitrogens is 2. The molecule has 2 heterocycles. The van der Waals surface area contributed by atoms with E-state index in [4.69, 9.17) is 11.6 Å². The van der Waals surface area contributed by atoms with E-state index in [2.05, 4.69) is 4.98 Å². The van der Waals surface area contributed by atoms with Crippen LogP contribution >= 0.6 is 23.4 Å². The zero-order chi connectivity index (χ0) is 15.0. The molecule has 1 N–H and O–H groups in total. The fourth-order valence-electron chi connectivity index (χ4n) is 2.48. The van der Waals surface area contributed by atoms with Crippen molar-refractivity contribution in [1.29, 1.82) is 0 Å². The van der Waals surface area contributed by atoms with Crippen LogP contribution in [0.4, 0.5) is 4.39 Å². The summed E-state index contributed by atoms with van der Waals surface area (Å²) in [4.78, 5) is 27.1. The molecule has 1 aliphatic heterocycles. The van der Waals surface area contributed by atoms with Crippen molar-refractivity contribution in [2.24, 2.45) is 0 Å². The van der Waals surface area contributed by atoms with Crippen molar-refractivity contribution >= 4 is 23.4 Å². The van der Waals surface area contributed by atoms with E-state index in [9.17, 15) is 14.0 Å². The van der Waals surface area contributed by atoms with Gasteiger partial charge < -0.3 is 0 Å². The molecule has 0 spiro atoms. The quantitative estimate of drug-likeness (QED) is 0.863. The van der Waals surface area contributed by atoms with Gasteiger partial charge in [-0.2, -0.15) is 11.8 Å². The van der Waals surface area contributed by atoms with Gasteiger partial charge in [0.25, 0.3) is 5.56 Å². The summed E-state index contributed by atoms with van der Waals surface area (Å²) < 4.78 is 15.1. The first-order chi connectivity index (χ1) is 10.1. The number of halogens is 2. The molecule has 1 fully saturated rings. The fourth-order valence-corrected chi connectivity index (χ4v) is 3.93. The molecule has 1 aromatic heterocycles. The van der Waals surface area contributed by atoms with Gasteiger partial charge in [0.15, 0.2) is 0 Å². The highest BCUT2D eigenvalue weighted by Gasteiger charge is 2.24. The minimum atomic E-state index is -0.545. The molecule has 1 atom stereocenters. The molecular weight excluding hydrogens is 315 g/mol. The molecule has 0 radical (unpaired) electrons. The zero-order valence-corrected chi connectivity index (χ0v) is 12.5. The second-order valence-corrected chi connectivity index (χ2v) is 6.32. The van der Waals surface area contributed by atoms with E-state index in [1.807, 2.05) is 0 Å². The van der Waals surface area contributed by atoms with E-state index in [1.54, 1.807) is 17.8 Å². The average Bonchev–Trinajstić information content (AvgIpc) is 2.94. The van der Waals surface area contributed by atoms with Crippen molar-refractivity contribution in [1.82, 2.24) is 9.55 Å². The number of thioether (sulfide) groups is 1. The van der Waals surface area contributed by atoms with Crippen molar-refractivity contribution in [3.05, 3.63) is 56.1 Å². The van der Waals surface area contributed by atoms with Crippen molar-refractivity contribution in [3.63, 3.8) is 0 Å². The van der Waals surface area contributed by atoms with Gasteiger partial charge in [0.1, 0.15) is 11.0 Å². The Balaban J connectivity index is 2.27. The molecule has 7 heteroatoms. The molecule has 0 bridgehead atoms. The maximum atomic E-state index is 13.9. The Bertz CT molecular complexity index is 796. The maximum Gasteiger partial charge on any atom is 0.329 e. The molecule has 0 aliphatic carbocycles. The molecule has 21 heavy (non-hydrogen) atoms. The van der Waals surface area contributed by atoms with Crippen LogP contribution in [0.3, 0.4) is 0 Å². The van der Waals surface area contributed by atoms with Crippen LogP contribution < -0.4 is 11.2 Å². The highest BCUT2D eigenvalue weighted by molar-refractivity contribution is 7.99. The van der Waals surface area contributed by atoms with Gasteiger partial charge in [-0.15, -0.1) is 0 Å². The van der Waals surface area contributed by atoms with Crippen LogP contribution in [0.15, 0.2) is 33.9 Å². The zero-order valence-electron chi connectivity index (χ0n) is 10.9. The van der Waals surface area contributed by atoms with Crippen molar-refractivity contribution in [2.75, 3.05) is 11.5 Å². The van der Waals surface area contributed by atoms with Crippen molar-refractivity contribution in [2.45, 2.75) is 12.5 Å². The summed E-state index contributed by atoms with van der Waals surface area (Å²) in [6, 6.07) is 5.71. The van der Waals surface area contributed by atoms with Gasteiger partial charge >= 0.3 is 5.69 Å². The van der Waals surface area contributed by atoms with Gasteiger partial charge in [-0.1, -0.05) is 29.8 Å². The summed E-state index contributed by atoms with van der Waals surface area (Å²) in [6.07, 6.45) is 0.742. The first kappa shape index (κ1) is 14.4. The maximum absolute atomic E-state index is 13.9. The number of H-pyrrole nitrogens is 1. The highest BCUT2D eigenvalue weighted by atomic mass is 35.5. The molecule has 1 unspecified atom stereocenters. The Kier molecular flexibility index (Phi) is 3.91. The second kappa shape index (κ2) is 5.69. The number of nitrogens with one attached hydrogen (secondary N) is 1. The lowest BCUT2D eigenvalue weighted by molar-refractivity contribution is 0.515. The Morgan fingerprint density at radius 3 is 2.76 bits per heavy atom. The van der Waals surface area contributed by atoms with Crippen LogP contribution in [-0.2, 0) is 0 Å². The lowest BCUT2D eigenvalue weighted by atomic mass is 10.1. The molecule has 2 aromatic rings. The third-order valence-electron chi connectivity index (χ3n) is 3.50. The third-order valence-corrected chi connectivity index (χ3v) is 4.93. The number of rotatable bonds is 2. The molecule has 4 nitrogen and oxygen atoms in total. The van der Waals surface area contributed by atoms with E-state index in [0.717, 1.165) is 16.7 Å². The minimum Gasteiger partial charge on any atom is -0.297 e. The molecule has 1 aliphatic rings. The first-order valence-electron chi connectivity index (χ1n) is 6.46. The van der Waals surface area contributed by atoms with E-state index >= 15 is 0 Å². The SMILES string of the molecule is O=c1[nH]c(Cl)c(-c2ccccc2F)c(=O)n1C1CCSC1. The van der Waals surface area contributed by atoms with Crippen molar-refractivity contribution in [3.8, 4) is 11.1 Å². The second-order valence-electron chi connectivity index (χ2n) is 4.79. The lowest BCUT2D eigenvalue weighted by Gasteiger charge is -2.14. The number of benzene rings is 1. The van der Waals surface area contributed by atoms with Gasteiger partial charge in [0, 0.05) is 11.3 Å². The van der Waals surface area contributed by atoms with Gasteiger partial charge in [-0.25, -0.2) is 9.18 Å². The smallest absolute Gasteiger partial charge is 0.297 e. The molecule has 1 saturated heterocycles. The van der Waals surface area contributed by atoms with E-state index in [-0.39, 0.29) is 22.3 Å². The predicted octanol–water partition coefficient (Wildman–Crippen LogP) is 2.67. The van der Waals surface area contributed by atoms with Crippen molar-refractivity contribution < 1.29 is 4.39 Å². The first-order valence-corrected chi connectivity index (χ1v) is 8.00. The topological polar surface area (TPSA) is 54.9 Å². The van der Waals surface area contributed by atoms with E-state index < -0.39 is 17.1 Å². The Labute approximate surface area is 129 Å². The Hall–Kier alpha value is -1.53. The summed E-state index contributed by atoms with van der Waals surface area (Å²) in [5.74, 6) is 1.05. The number of hydrogen-bond acceptors (Lipinski definition) is 3. The van der Waals surface area contributed by atoms with Crippen LogP contribution in [0, 0.1) is 5.82 Å². The van der Waals surface area contributed by atoms with Crippen LogP contribution in [0.2, 0.25) is 5.15 Å². The molecule has 0 saturated carbocycles. The summed E-state index contributed by atoms with van der Waals surface area (Å²) in [7, 11) is 0. The van der Waals surface area contributed by atoms with Gasteiger partial charge in [-0.3, -0.25) is 14.3 Å². The Morgan fingerprint density at radius 1 is 1.33 bits per heavy atom. The normalized spacial score (nSPS) is 18.1. The number of hydrogen-bond donors (Lipinski definition) is 1. The molecule has 110 valence electrons. The molecule has 3 rings (SSSR count). The van der Waals surface area contributed by atoms with Crippen LogP contribution in [0.1, 0.15) is 12.5 Å². The molecule has 1 aromatic carbocycles. The lowest BCUT2D eigenvalue weighted by Crippen LogP contribution is -2.39. The highest BCUT2D eigenvalue weighted by Crippen LogP contribution is 2.28. The fraction of sp³-hybridized carbons (Fsp3) is 0.286. The summed E-state index contributed by atoms with van der Waals surface area (Å²) >= 11 is 7.66. The predicted molar refractivity (Wildman–Crippen MR) is 82.7 cm³/mol. The monoisotopic (exact) mass is 326 g/mol. The van der Waals surface area contributed by atoms with E-state index in [1.165, 1.54) is 18.2 Å². The molecular formula is C14H12ClFN2O2S. The van der Waals surface area contributed by atoms with E-state index in [0.29, 0.717) is 5.75 Å². The third kappa shape index (κ3) is 2.53. The number of aromatic amines is 1. The summed E-state index contributed by atoms with van der Waals surface area (Å²) in [5, 5.41) is -0.128. The van der Waals surface area contributed by atoms with Crippen LogP contribution in [-0.4, -0.2) is 21.1 Å². The summed E-state index contributed by atoms with van der Waals surface area (Å²) in [6.45, 7) is 0.